The molecule has 0 N–H and O–H groups in total. The molecule has 0 aromatic rings. The molecule has 0 aromatic heterocycles. The van der Waals surface area contributed by atoms with Gasteiger partial charge in [0.05, 0.1) is 12.2 Å². The van der Waals surface area contributed by atoms with E-state index in [-0.39, 0.29) is 0 Å². The molecule has 0 rings (SSSR count). The van der Waals surface area contributed by atoms with Gasteiger partial charge in [0.25, 0.3) is 0 Å². The van der Waals surface area contributed by atoms with Crippen molar-refractivity contribution in [3.63, 3.8) is 0 Å². The first kappa shape index (κ1) is 17.0. The molecule has 0 fully saturated rings. The normalized spacial score (nSPS) is 14.8. The molecule has 0 aliphatic rings. The summed E-state index contributed by atoms with van der Waals surface area (Å²) in [7, 11) is 0. The molecule has 0 saturated carbocycles. The van der Waals surface area contributed by atoms with E-state index in [4.69, 9.17) is 4.74 Å². The van der Waals surface area contributed by atoms with Gasteiger partial charge in [-0.15, -0.1) is 0 Å². The van der Waals surface area contributed by atoms with Gasteiger partial charge >= 0.3 is 0 Å². The van der Waals surface area contributed by atoms with Gasteiger partial charge in [0.15, 0.2) is 0 Å². The number of rotatable bonds is 12. The Morgan fingerprint density at radius 3 is 1.41 bits per heavy atom. The lowest BCUT2D eigenvalue weighted by molar-refractivity contribution is -0.00229. The van der Waals surface area contributed by atoms with Crippen LogP contribution >= 0.6 is 0 Å². The summed E-state index contributed by atoms with van der Waals surface area (Å²) in [5, 5.41) is 0. The molecule has 17 heavy (non-hydrogen) atoms. The summed E-state index contributed by atoms with van der Waals surface area (Å²) in [5.41, 5.74) is 0. The van der Waals surface area contributed by atoms with Crippen LogP contribution in [0.3, 0.4) is 0 Å². The standard InChI is InChI=1S/C16H34O/c1-5-7-9-11-13-15(3)17-16(4)14-12-10-8-6-2/h15-16H,5-14H2,1-4H3. The number of ether oxygens (including phenoxy) is 1. The molecule has 2 unspecified atom stereocenters. The maximum Gasteiger partial charge on any atom is 0.0550 e. The van der Waals surface area contributed by atoms with Gasteiger partial charge in [0.2, 0.25) is 0 Å². The van der Waals surface area contributed by atoms with E-state index in [0.717, 1.165) is 0 Å². The Morgan fingerprint density at radius 2 is 1.06 bits per heavy atom. The van der Waals surface area contributed by atoms with Crippen molar-refractivity contribution in [2.24, 2.45) is 0 Å². The number of hydrogen-bond donors (Lipinski definition) is 0. The van der Waals surface area contributed by atoms with Gasteiger partial charge in [-0.05, 0) is 26.7 Å². The van der Waals surface area contributed by atoms with E-state index in [2.05, 4.69) is 27.7 Å². The molecule has 0 aromatic carbocycles. The van der Waals surface area contributed by atoms with E-state index in [1.54, 1.807) is 0 Å². The van der Waals surface area contributed by atoms with Crippen molar-refractivity contribution in [1.29, 1.82) is 0 Å². The van der Waals surface area contributed by atoms with Crippen molar-refractivity contribution in [2.75, 3.05) is 0 Å². The minimum Gasteiger partial charge on any atom is -0.376 e. The van der Waals surface area contributed by atoms with E-state index in [1.165, 1.54) is 64.2 Å². The molecule has 0 saturated heterocycles. The number of hydrogen-bond acceptors (Lipinski definition) is 1. The average molecular weight is 242 g/mol. The third-order valence-electron chi connectivity index (χ3n) is 3.39. The van der Waals surface area contributed by atoms with Gasteiger partial charge in [-0.25, -0.2) is 0 Å². The first-order valence-electron chi connectivity index (χ1n) is 7.86. The lowest BCUT2D eigenvalue weighted by Crippen LogP contribution is -2.17. The summed E-state index contributed by atoms with van der Waals surface area (Å²) in [6.45, 7) is 8.99. The van der Waals surface area contributed by atoms with Crippen LogP contribution in [0.2, 0.25) is 0 Å². The zero-order valence-electron chi connectivity index (χ0n) is 12.6. The Morgan fingerprint density at radius 1 is 0.647 bits per heavy atom. The van der Waals surface area contributed by atoms with Crippen LogP contribution in [-0.4, -0.2) is 12.2 Å². The second-order valence-corrected chi connectivity index (χ2v) is 5.46. The second-order valence-electron chi connectivity index (χ2n) is 5.46. The first-order chi connectivity index (χ1) is 8.20. The Balaban J connectivity index is 3.35. The van der Waals surface area contributed by atoms with Gasteiger partial charge in [0.1, 0.15) is 0 Å². The first-order valence-corrected chi connectivity index (χ1v) is 7.86. The fourth-order valence-electron chi connectivity index (χ4n) is 2.25. The fraction of sp³-hybridized carbons (Fsp3) is 1.00. The molecule has 0 amide bonds. The van der Waals surface area contributed by atoms with Gasteiger partial charge < -0.3 is 4.74 Å². The van der Waals surface area contributed by atoms with Gasteiger partial charge in [-0.3, -0.25) is 0 Å². The molecule has 104 valence electrons. The molecule has 0 bridgehead atoms. The van der Waals surface area contributed by atoms with Crippen LogP contribution in [0, 0.1) is 0 Å². The quantitative estimate of drug-likeness (QED) is 0.398. The maximum absolute atomic E-state index is 6.01. The van der Waals surface area contributed by atoms with E-state index < -0.39 is 0 Å². The zero-order valence-corrected chi connectivity index (χ0v) is 12.6. The zero-order chi connectivity index (χ0) is 12.9. The summed E-state index contributed by atoms with van der Waals surface area (Å²) in [6.07, 6.45) is 14.2. The predicted molar refractivity (Wildman–Crippen MR) is 77.5 cm³/mol. The molecule has 0 aliphatic heterocycles. The molecular weight excluding hydrogens is 208 g/mol. The smallest absolute Gasteiger partial charge is 0.0550 e. The Bertz CT molecular complexity index is 128. The lowest BCUT2D eigenvalue weighted by atomic mass is 10.1. The van der Waals surface area contributed by atoms with E-state index in [9.17, 15) is 0 Å². The fourth-order valence-corrected chi connectivity index (χ4v) is 2.25. The van der Waals surface area contributed by atoms with E-state index in [1.807, 2.05) is 0 Å². The van der Waals surface area contributed by atoms with Crippen LogP contribution in [0.15, 0.2) is 0 Å². The van der Waals surface area contributed by atoms with Crippen LogP contribution in [0.4, 0.5) is 0 Å². The van der Waals surface area contributed by atoms with Crippen molar-refractivity contribution >= 4 is 0 Å². The predicted octanol–water partition coefficient (Wildman–Crippen LogP) is 5.72. The molecular formula is C16H34O. The monoisotopic (exact) mass is 242 g/mol. The molecule has 1 heteroatoms. The second kappa shape index (κ2) is 12.4. The molecule has 1 nitrogen and oxygen atoms in total. The topological polar surface area (TPSA) is 9.23 Å². The molecule has 0 aliphatic carbocycles. The summed E-state index contributed by atoms with van der Waals surface area (Å²) >= 11 is 0. The van der Waals surface area contributed by atoms with Gasteiger partial charge in [-0.1, -0.05) is 65.2 Å². The summed E-state index contributed by atoms with van der Waals surface area (Å²) in [4.78, 5) is 0. The van der Waals surface area contributed by atoms with E-state index in [0.29, 0.717) is 12.2 Å². The average Bonchev–Trinajstić information content (AvgIpc) is 2.30. The van der Waals surface area contributed by atoms with Crippen molar-refractivity contribution in [1.82, 2.24) is 0 Å². The highest BCUT2D eigenvalue weighted by molar-refractivity contribution is 4.57. The van der Waals surface area contributed by atoms with Crippen LogP contribution < -0.4 is 0 Å². The van der Waals surface area contributed by atoms with Crippen LogP contribution in [0.1, 0.15) is 91.9 Å². The molecule has 0 radical (unpaired) electrons. The Labute approximate surface area is 109 Å². The highest BCUT2D eigenvalue weighted by Crippen LogP contribution is 2.13. The third kappa shape index (κ3) is 12.2. The highest BCUT2D eigenvalue weighted by atomic mass is 16.5. The highest BCUT2D eigenvalue weighted by Gasteiger charge is 2.08. The van der Waals surface area contributed by atoms with Crippen molar-refractivity contribution in [3.8, 4) is 0 Å². The lowest BCUT2D eigenvalue weighted by Gasteiger charge is -2.19. The SMILES string of the molecule is CCCCCCC(C)OC(C)CCCCCC. The van der Waals surface area contributed by atoms with Crippen LogP contribution in [-0.2, 0) is 4.74 Å². The van der Waals surface area contributed by atoms with Crippen LogP contribution in [0.5, 0.6) is 0 Å². The minimum absolute atomic E-state index is 0.452. The summed E-state index contributed by atoms with van der Waals surface area (Å²) in [6, 6.07) is 0. The Kier molecular flexibility index (Phi) is 12.4. The minimum atomic E-state index is 0.452. The Hall–Kier alpha value is -0.0400. The van der Waals surface area contributed by atoms with E-state index >= 15 is 0 Å². The van der Waals surface area contributed by atoms with Crippen molar-refractivity contribution < 1.29 is 4.74 Å². The van der Waals surface area contributed by atoms with Gasteiger partial charge in [-0.2, -0.15) is 0 Å². The third-order valence-corrected chi connectivity index (χ3v) is 3.39. The van der Waals surface area contributed by atoms with Crippen molar-refractivity contribution in [3.05, 3.63) is 0 Å². The van der Waals surface area contributed by atoms with Crippen molar-refractivity contribution in [2.45, 2.75) is 104 Å². The molecule has 2 atom stereocenters. The summed E-state index contributed by atoms with van der Waals surface area (Å²) in [5.74, 6) is 0. The van der Waals surface area contributed by atoms with Crippen LogP contribution in [0.25, 0.3) is 0 Å². The van der Waals surface area contributed by atoms with Gasteiger partial charge in [0, 0.05) is 0 Å². The molecule has 0 heterocycles. The molecule has 0 spiro atoms. The largest absolute Gasteiger partial charge is 0.376 e. The maximum atomic E-state index is 6.01. The number of unbranched alkanes of at least 4 members (excludes halogenated alkanes) is 6. The summed E-state index contributed by atoms with van der Waals surface area (Å²) < 4.78 is 6.01.